The molecule has 92 valence electrons. The third kappa shape index (κ3) is 5.50. The molecule has 0 aliphatic heterocycles. The molecule has 0 saturated carbocycles. The van der Waals surface area contributed by atoms with Crippen molar-refractivity contribution >= 4 is 0 Å². The molecular formula is C12H28N2O. The highest BCUT2D eigenvalue weighted by Gasteiger charge is 2.25. The fourth-order valence-electron chi connectivity index (χ4n) is 1.96. The van der Waals surface area contributed by atoms with Gasteiger partial charge < -0.3 is 15.4 Å². The minimum Gasteiger partial charge on any atom is -0.385 e. The lowest BCUT2D eigenvalue weighted by molar-refractivity contribution is 0.143. The van der Waals surface area contributed by atoms with Gasteiger partial charge in [-0.05, 0) is 38.3 Å². The van der Waals surface area contributed by atoms with Crippen molar-refractivity contribution in [3.63, 3.8) is 0 Å². The van der Waals surface area contributed by atoms with Gasteiger partial charge >= 0.3 is 0 Å². The maximum absolute atomic E-state index is 5.88. The first kappa shape index (κ1) is 14.9. The standard InChI is InChI=1S/C12H28N2O/c1-5-12(6-2,10-13)11-14(3)8-7-9-15-4/h5-11,13H2,1-4H3. The van der Waals surface area contributed by atoms with E-state index in [0.29, 0.717) is 5.41 Å². The topological polar surface area (TPSA) is 38.5 Å². The van der Waals surface area contributed by atoms with E-state index in [2.05, 4.69) is 25.8 Å². The Morgan fingerprint density at radius 2 is 1.87 bits per heavy atom. The molecule has 3 heteroatoms. The highest BCUT2D eigenvalue weighted by atomic mass is 16.5. The molecule has 2 N–H and O–H groups in total. The van der Waals surface area contributed by atoms with Crippen molar-refractivity contribution in [2.45, 2.75) is 33.1 Å². The van der Waals surface area contributed by atoms with Crippen LogP contribution in [-0.4, -0.2) is 45.3 Å². The molecule has 0 rings (SSSR count). The first-order chi connectivity index (χ1) is 7.14. The fourth-order valence-corrected chi connectivity index (χ4v) is 1.96. The number of hydrogen-bond donors (Lipinski definition) is 1. The van der Waals surface area contributed by atoms with Gasteiger partial charge in [0.25, 0.3) is 0 Å². The zero-order valence-electron chi connectivity index (χ0n) is 10.9. The number of nitrogens with two attached hydrogens (primary N) is 1. The van der Waals surface area contributed by atoms with Crippen LogP contribution in [-0.2, 0) is 4.74 Å². The molecular weight excluding hydrogens is 188 g/mol. The van der Waals surface area contributed by atoms with Gasteiger partial charge in [0.2, 0.25) is 0 Å². The number of ether oxygens (including phenoxy) is 1. The predicted octanol–water partition coefficient (Wildman–Crippen LogP) is 1.72. The first-order valence-electron chi connectivity index (χ1n) is 6.01. The molecule has 0 fully saturated rings. The van der Waals surface area contributed by atoms with E-state index in [1.54, 1.807) is 7.11 Å². The lowest BCUT2D eigenvalue weighted by Crippen LogP contribution is -2.40. The van der Waals surface area contributed by atoms with Crippen molar-refractivity contribution in [2.24, 2.45) is 11.1 Å². The second kappa shape index (κ2) is 8.08. The van der Waals surface area contributed by atoms with Crippen LogP contribution in [0, 0.1) is 5.41 Å². The van der Waals surface area contributed by atoms with Gasteiger partial charge in [0.15, 0.2) is 0 Å². The first-order valence-corrected chi connectivity index (χ1v) is 6.01. The molecule has 0 amide bonds. The molecule has 0 atom stereocenters. The van der Waals surface area contributed by atoms with Crippen molar-refractivity contribution in [3.8, 4) is 0 Å². The molecule has 15 heavy (non-hydrogen) atoms. The fraction of sp³-hybridized carbons (Fsp3) is 1.00. The Balaban J connectivity index is 3.94. The van der Waals surface area contributed by atoms with E-state index in [1.807, 2.05) is 0 Å². The van der Waals surface area contributed by atoms with Gasteiger partial charge in [-0.15, -0.1) is 0 Å². The maximum atomic E-state index is 5.88. The Kier molecular flexibility index (Phi) is 8.02. The summed E-state index contributed by atoms with van der Waals surface area (Å²) in [5, 5.41) is 0. The smallest absolute Gasteiger partial charge is 0.0474 e. The minimum absolute atomic E-state index is 0.307. The van der Waals surface area contributed by atoms with Crippen LogP contribution < -0.4 is 5.73 Å². The highest BCUT2D eigenvalue weighted by molar-refractivity contribution is 4.80. The molecule has 0 aliphatic carbocycles. The summed E-state index contributed by atoms with van der Waals surface area (Å²) in [5.41, 5.74) is 6.19. The van der Waals surface area contributed by atoms with Gasteiger partial charge in [0.1, 0.15) is 0 Å². The average molecular weight is 216 g/mol. The summed E-state index contributed by atoms with van der Waals surface area (Å²) in [6.07, 6.45) is 3.42. The van der Waals surface area contributed by atoms with Gasteiger partial charge in [-0.1, -0.05) is 13.8 Å². The quantitative estimate of drug-likeness (QED) is 0.596. The SMILES string of the molecule is CCC(CC)(CN)CN(C)CCCOC. The second-order valence-electron chi connectivity index (χ2n) is 4.50. The number of rotatable bonds is 9. The monoisotopic (exact) mass is 216 g/mol. The Bertz CT molecular complexity index is 138. The molecule has 3 nitrogen and oxygen atoms in total. The van der Waals surface area contributed by atoms with E-state index in [1.165, 1.54) is 0 Å². The van der Waals surface area contributed by atoms with Crippen LogP contribution in [0.5, 0.6) is 0 Å². The zero-order chi connectivity index (χ0) is 11.7. The van der Waals surface area contributed by atoms with Crippen molar-refractivity contribution in [1.29, 1.82) is 0 Å². The van der Waals surface area contributed by atoms with Gasteiger partial charge in [-0.25, -0.2) is 0 Å². The summed E-state index contributed by atoms with van der Waals surface area (Å²) in [7, 11) is 3.92. The summed E-state index contributed by atoms with van der Waals surface area (Å²) < 4.78 is 5.05. The summed E-state index contributed by atoms with van der Waals surface area (Å²) >= 11 is 0. The van der Waals surface area contributed by atoms with Crippen molar-refractivity contribution in [3.05, 3.63) is 0 Å². The van der Waals surface area contributed by atoms with Crippen molar-refractivity contribution in [2.75, 3.05) is 40.4 Å². The molecule has 0 aromatic heterocycles. The summed E-state index contributed by atoms with van der Waals surface area (Å²) in [6, 6.07) is 0. The van der Waals surface area contributed by atoms with Crippen LogP contribution >= 0.6 is 0 Å². The summed E-state index contributed by atoms with van der Waals surface area (Å²) in [5.74, 6) is 0. The third-order valence-corrected chi connectivity index (χ3v) is 3.43. The molecule has 0 saturated heterocycles. The van der Waals surface area contributed by atoms with Gasteiger partial charge in [-0.3, -0.25) is 0 Å². The van der Waals surface area contributed by atoms with E-state index < -0.39 is 0 Å². The van der Waals surface area contributed by atoms with E-state index in [0.717, 1.165) is 45.5 Å². The van der Waals surface area contributed by atoms with E-state index in [-0.39, 0.29) is 0 Å². The Hall–Kier alpha value is -0.120. The molecule has 0 unspecified atom stereocenters. The van der Waals surface area contributed by atoms with Crippen molar-refractivity contribution < 1.29 is 4.74 Å². The van der Waals surface area contributed by atoms with Crippen molar-refractivity contribution in [1.82, 2.24) is 4.90 Å². The molecule has 0 aliphatic rings. The largest absolute Gasteiger partial charge is 0.385 e. The van der Waals surface area contributed by atoms with Crippen LogP contribution in [0.2, 0.25) is 0 Å². The normalized spacial score (nSPS) is 12.4. The highest BCUT2D eigenvalue weighted by Crippen LogP contribution is 2.25. The predicted molar refractivity (Wildman–Crippen MR) is 66.1 cm³/mol. The molecule has 0 aromatic carbocycles. The lowest BCUT2D eigenvalue weighted by Gasteiger charge is -2.34. The zero-order valence-corrected chi connectivity index (χ0v) is 10.9. The van der Waals surface area contributed by atoms with E-state index in [4.69, 9.17) is 10.5 Å². The van der Waals surface area contributed by atoms with Gasteiger partial charge in [-0.2, -0.15) is 0 Å². The minimum atomic E-state index is 0.307. The summed E-state index contributed by atoms with van der Waals surface area (Å²) in [4.78, 5) is 2.37. The van der Waals surface area contributed by atoms with Gasteiger partial charge in [0.05, 0.1) is 0 Å². The van der Waals surface area contributed by atoms with Crippen LogP contribution in [0.1, 0.15) is 33.1 Å². The number of methoxy groups -OCH3 is 1. The van der Waals surface area contributed by atoms with E-state index in [9.17, 15) is 0 Å². The molecule has 0 heterocycles. The Labute approximate surface area is 95.0 Å². The molecule has 0 aromatic rings. The second-order valence-corrected chi connectivity index (χ2v) is 4.50. The molecule has 0 spiro atoms. The lowest BCUT2D eigenvalue weighted by atomic mass is 9.82. The third-order valence-electron chi connectivity index (χ3n) is 3.43. The van der Waals surface area contributed by atoms with Gasteiger partial charge in [0, 0.05) is 26.8 Å². The number of hydrogen-bond acceptors (Lipinski definition) is 3. The average Bonchev–Trinajstić information content (AvgIpc) is 2.26. The maximum Gasteiger partial charge on any atom is 0.0474 e. The van der Waals surface area contributed by atoms with Crippen LogP contribution in [0.3, 0.4) is 0 Å². The molecule has 0 bridgehead atoms. The van der Waals surface area contributed by atoms with Crippen LogP contribution in [0.25, 0.3) is 0 Å². The number of nitrogens with zero attached hydrogens (tertiary/aromatic N) is 1. The molecule has 0 radical (unpaired) electrons. The van der Waals surface area contributed by atoms with E-state index >= 15 is 0 Å². The van der Waals surface area contributed by atoms with Crippen LogP contribution in [0.4, 0.5) is 0 Å². The Morgan fingerprint density at radius 3 is 2.27 bits per heavy atom. The summed E-state index contributed by atoms with van der Waals surface area (Å²) in [6.45, 7) is 8.29. The Morgan fingerprint density at radius 1 is 1.27 bits per heavy atom. The van der Waals surface area contributed by atoms with Crippen LogP contribution in [0.15, 0.2) is 0 Å².